The lowest BCUT2D eigenvalue weighted by molar-refractivity contribution is -0.122. The number of hydrogen-bond acceptors (Lipinski definition) is 3. The van der Waals surface area contributed by atoms with Crippen molar-refractivity contribution >= 4 is 29.3 Å². The Balaban J connectivity index is 2.39. The highest BCUT2D eigenvalue weighted by atomic mass is 35.5. The highest BCUT2D eigenvalue weighted by Gasteiger charge is 2.15. The van der Waals surface area contributed by atoms with Gasteiger partial charge in [0.2, 0.25) is 5.91 Å². The summed E-state index contributed by atoms with van der Waals surface area (Å²) in [6, 6.07) is 7.30. The molecular formula is C14H21ClN2OS. The van der Waals surface area contributed by atoms with Crippen LogP contribution in [0.15, 0.2) is 24.3 Å². The smallest absolute Gasteiger partial charge is 0.237 e. The second kappa shape index (κ2) is 8.46. The molecule has 0 aromatic heterocycles. The van der Waals surface area contributed by atoms with Gasteiger partial charge in [-0.25, -0.2) is 0 Å². The molecule has 1 amide bonds. The summed E-state index contributed by atoms with van der Waals surface area (Å²) in [5, 5.41) is 3.67. The van der Waals surface area contributed by atoms with E-state index in [0.717, 1.165) is 22.8 Å². The maximum absolute atomic E-state index is 11.8. The first-order valence-electron chi connectivity index (χ1n) is 6.32. The highest BCUT2D eigenvalue weighted by Crippen LogP contribution is 2.11. The van der Waals surface area contributed by atoms with Gasteiger partial charge >= 0.3 is 0 Å². The van der Waals surface area contributed by atoms with Gasteiger partial charge in [-0.3, -0.25) is 4.79 Å². The van der Waals surface area contributed by atoms with E-state index in [1.54, 1.807) is 11.8 Å². The van der Waals surface area contributed by atoms with E-state index >= 15 is 0 Å². The lowest BCUT2D eigenvalue weighted by atomic mass is 10.1. The number of rotatable bonds is 7. The van der Waals surface area contributed by atoms with Crippen LogP contribution >= 0.6 is 23.4 Å². The fraction of sp³-hybridized carbons (Fsp3) is 0.500. The zero-order valence-electron chi connectivity index (χ0n) is 11.4. The molecule has 1 aromatic rings. The molecule has 0 spiro atoms. The van der Waals surface area contributed by atoms with E-state index in [1.807, 2.05) is 37.4 Å². The number of thioether (sulfide) groups is 1. The summed E-state index contributed by atoms with van der Waals surface area (Å²) < 4.78 is 0. The van der Waals surface area contributed by atoms with E-state index in [-0.39, 0.29) is 11.9 Å². The molecule has 2 atom stereocenters. The van der Waals surface area contributed by atoms with Crippen LogP contribution in [0.2, 0.25) is 5.02 Å². The van der Waals surface area contributed by atoms with Gasteiger partial charge in [0.25, 0.3) is 0 Å². The molecule has 0 radical (unpaired) electrons. The summed E-state index contributed by atoms with van der Waals surface area (Å²) in [4.78, 5) is 11.8. The van der Waals surface area contributed by atoms with Gasteiger partial charge in [0.15, 0.2) is 0 Å². The molecule has 0 aliphatic heterocycles. The number of nitrogens with two attached hydrogens (primary N) is 1. The Kier molecular flexibility index (Phi) is 7.28. The van der Waals surface area contributed by atoms with E-state index in [9.17, 15) is 4.79 Å². The van der Waals surface area contributed by atoms with Gasteiger partial charge in [-0.1, -0.05) is 23.7 Å². The average Bonchev–Trinajstić information content (AvgIpc) is 2.38. The van der Waals surface area contributed by atoms with Crippen LogP contribution in [-0.2, 0) is 11.2 Å². The lowest BCUT2D eigenvalue weighted by Crippen LogP contribution is -2.45. The molecule has 1 unspecified atom stereocenters. The molecule has 0 fully saturated rings. The third kappa shape index (κ3) is 6.32. The summed E-state index contributed by atoms with van der Waals surface area (Å²) in [6.45, 7) is 1.98. The monoisotopic (exact) mass is 300 g/mol. The van der Waals surface area contributed by atoms with Gasteiger partial charge in [-0.05, 0) is 49.5 Å². The van der Waals surface area contributed by atoms with Crippen molar-refractivity contribution in [2.75, 3.05) is 12.0 Å². The maximum Gasteiger partial charge on any atom is 0.237 e. The molecule has 1 rings (SSSR count). The first-order valence-corrected chi connectivity index (χ1v) is 8.09. The number of carbonyl (C=O) groups excluding carboxylic acids is 1. The van der Waals surface area contributed by atoms with Crippen LogP contribution < -0.4 is 11.1 Å². The first kappa shape index (κ1) is 16.3. The Hall–Kier alpha value is -0.710. The molecule has 0 aliphatic carbocycles. The molecule has 0 aliphatic rings. The molecule has 19 heavy (non-hydrogen) atoms. The largest absolute Gasteiger partial charge is 0.352 e. The van der Waals surface area contributed by atoms with Gasteiger partial charge in [0.05, 0.1) is 6.04 Å². The molecule has 3 nitrogen and oxygen atoms in total. The number of amides is 1. The quantitative estimate of drug-likeness (QED) is 0.813. The molecule has 0 bridgehead atoms. The first-order chi connectivity index (χ1) is 9.02. The summed E-state index contributed by atoms with van der Waals surface area (Å²) in [6.07, 6.45) is 3.49. The van der Waals surface area contributed by atoms with Crippen LogP contribution in [0.3, 0.4) is 0 Å². The van der Waals surface area contributed by atoms with Crippen LogP contribution in [0, 0.1) is 0 Å². The van der Waals surface area contributed by atoms with Crippen LogP contribution in [0.25, 0.3) is 0 Å². The minimum absolute atomic E-state index is 0.0639. The normalized spacial score (nSPS) is 13.9. The van der Waals surface area contributed by atoms with E-state index < -0.39 is 6.04 Å². The Morgan fingerprint density at radius 1 is 1.42 bits per heavy atom. The second-order valence-corrected chi connectivity index (χ2v) is 6.05. The summed E-state index contributed by atoms with van der Waals surface area (Å²) >= 11 is 7.53. The third-order valence-electron chi connectivity index (χ3n) is 2.81. The average molecular weight is 301 g/mol. The van der Waals surface area contributed by atoms with E-state index in [1.165, 1.54) is 0 Å². The lowest BCUT2D eigenvalue weighted by Gasteiger charge is -2.17. The number of hydrogen-bond donors (Lipinski definition) is 2. The molecule has 0 saturated heterocycles. The second-order valence-electron chi connectivity index (χ2n) is 4.63. The Morgan fingerprint density at radius 3 is 2.63 bits per heavy atom. The van der Waals surface area contributed by atoms with Crippen molar-refractivity contribution in [1.82, 2.24) is 5.32 Å². The van der Waals surface area contributed by atoms with Crippen molar-refractivity contribution < 1.29 is 4.79 Å². The Bertz CT molecular complexity index is 397. The predicted molar refractivity (Wildman–Crippen MR) is 83.7 cm³/mol. The van der Waals surface area contributed by atoms with Gasteiger partial charge in [-0.15, -0.1) is 0 Å². The predicted octanol–water partition coefficient (Wildman–Crippen LogP) is 2.47. The van der Waals surface area contributed by atoms with Gasteiger partial charge in [-0.2, -0.15) is 11.8 Å². The summed E-state index contributed by atoms with van der Waals surface area (Å²) in [5.74, 6) is 0.829. The van der Waals surface area contributed by atoms with Gasteiger partial charge in [0.1, 0.15) is 0 Å². The summed E-state index contributed by atoms with van der Waals surface area (Å²) in [5.41, 5.74) is 6.97. The fourth-order valence-electron chi connectivity index (χ4n) is 1.75. The zero-order chi connectivity index (χ0) is 14.3. The number of nitrogens with one attached hydrogen (secondary N) is 1. The fourth-order valence-corrected chi connectivity index (χ4v) is 2.37. The molecule has 0 saturated carbocycles. The van der Waals surface area contributed by atoms with Crippen molar-refractivity contribution in [3.05, 3.63) is 34.9 Å². The molecule has 1 aromatic carbocycles. The topological polar surface area (TPSA) is 55.1 Å². The van der Waals surface area contributed by atoms with Crippen LogP contribution in [-0.4, -0.2) is 30.0 Å². The van der Waals surface area contributed by atoms with Crippen molar-refractivity contribution in [1.29, 1.82) is 0 Å². The molecule has 3 N–H and O–H groups in total. The number of benzene rings is 1. The zero-order valence-corrected chi connectivity index (χ0v) is 12.9. The Labute approximate surface area is 124 Å². The van der Waals surface area contributed by atoms with Crippen LogP contribution in [0.5, 0.6) is 0 Å². The minimum atomic E-state index is -0.417. The highest BCUT2D eigenvalue weighted by molar-refractivity contribution is 7.98. The summed E-state index contributed by atoms with van der Waals surface area (Å²) in [7, 11) is 0. The van der Waals surface area contributed by atoms with E-state index in [0.29, 0.717) is 6.42 Å². The van der Waals surface area contributed by atoms with Gasteiger partial charge in [0, 0.05) is 11.1 Å². The molecular weight excluding hydrogens is 280 g/mol. The van der Waals surface area contributed by atoms with E-state index in [2.05, 4.69) is 5.32 Å². The molecule has 5 heteroatoms. The van der Waals surface area contributed by atoms with Crippen molar-refractivity contribution in [3.8, 4) is 0 Å². The number of carbonyl (C=O) groups is 1. The molecule has 0 heterocycles. The van der Waals surface area contributed by atoms with Crippen molar-refractivity contribution in [3.63, 3.8) is 0 Å². The van der Waals surface area contributed by atoms with Crippen LogP contribution in [0.4, 0.5) is 0 Å². The van der Waals surface area contributed by atoms with Crippen molar-refractivity contribution in [2.45, 2.75) is 31.8 Å². The van der Waals surface area contributed by atoms with Crippen molar-refractivity contribution in [2.24, 2.45) is 5.73 Å². The van der Waals surface area contributed by atoms with Crippen LogP contribution in [0.1, 0.15) is 18.9 Å². The standard InChI is InChI=1S/C14H21ClN2OS/c1-10(9-11-3-5-12(15)6-4-11)17-14(18)13(16)7-8-19-2/h3-6,10,13H,7-9,16H2,1-2H3,(H,17,18)/t10?,13-/m0/s1. The third-order valence-corrected chi connectivity index (χ3v) is 3.71. The SMILES string of the molecule is CSCC[C@H](N)C(=O)NC(C)Cc1ccc(Cl)cc1. The maximum atomic E-state index is 11.8. The molecule has 106 valence electrons. The van der Waals surface area contributed by atoms with Gasteiger partial charge < -0.3 is 11.1 Å². The Morgan fingerprint density at radius 2 is 2.05 bits per heavy atom. The number of halogens is 1. The minimum Gasteiger partial charge on any atom is -0.352 e. The van der Waals surface area contributed by atoms with E-state index in [4.69, 9.17) is 17.3 Å².